The quantitative estimate of drug-likeness (QED) is 0.781. The molecule has 0 spiro atoms. The van der Waals surface area contributed by atoms with Crippen LogP contribution in [0.3, 0.4) is 0 Å². The maximum Gasteiger partial charge on any atom is 0.0208 e. The Labute approximate surface area is 121 Å². The van der Waals surface area contributed by atoms with Gasteiger partial charge in [0.05, 0.1) is 0 Å². The van der Waals surface area contributed by atoms with Gasteiger partial charge in [-0.15, -0.1) is 0 Å². The van der Waals surface area contributed by atoms with Gasteiger partial charge in [-0.2, -0.15) is 0 Å². The lowest BCUT2D eigenvalue weighted by molar-refractivity contribution is 0.547. The number of nitrogens with one attached hydrogen (secondary N) is 3. The van der Waals surface area contributed by atoms with Crippen LogP contribution in [0.25, 0.3) is 5.57 Å². The van der Waals surface area contributed by atoms with E-state index in [1.807, 2.05) is 0 Å². The molecule has 3 N–H and O–H groups in total. The molecule has 1 fully saturated rings. The molecule has 1 aromatic carbocycles. The highest BCUT2D eigenvalue weighted by molar-refractivity contribution is 5.68. The number of rotatable bonds is 4. The van der Waals surface area contributed by atoms with E-state index in [0.717, 1.165) is 32.7 Å². The van der Waals surface area contributed by atoms with E-state index in [1.54, 1.807) is 0 Å². The second-order valence-corrected chi connectivity index (χ2v) is 6.07. The summed E-state index contributed by atoms with van der Waals surface area (Å²) in [5.41, 5.74) is 4.16. The number of benzene rings is 1. The van der Waals surface area contributed by atoms with Crippen LogP contribution >= 0.6 is 0 Å². The Morgan fingerprint density at radius 1 is 1.15 bits per heavy atom. The molecule has 0 amide bonds. The topological polar surface area (TPSA) is 36.1 Å². The first-order valence-electron chi connectivity index (χ1n) is 7.76. The molecule has 3 heteroatoms. The smallest absolute Gasteiger partial charge is 0.0208 e. The lowest BCUT2D eigenvalue weighted by Gasteiger charge is -2.19. The van der Waals surface area contributed by atoms with Gasteiger partial charge >= 0.3 is 0 Å². The molecule has 2 atom stereocenters. The summed E-state index contributed by atoms with van der Waals surface area (Å²) in [6, 6.07) is 9.67. The van der Waals surface area contributed by atoms with Gasteiger partial charge in [-0.05, 0) is 35.6 Å². The SMILES string of the molecule is CC1C=C(c2ccc(CNC3CCNC3)cc2)CNC1. The Morgan fingerprint density at radius 2 is 2.00 bits per heavy atom. The minimum atomic E-state index is 0.634. The molecular formula is C17H25N3. The molecule has 2 aliphatic rings. The minimum absolute atomic E-state index is 0.634. The van der Waals surface area contributed by atoms with Gasteiger partial charge in [0, 0.05) is 32.2 Å². The Hall–Kier alpha value is -1.16. The molecule has 0 aromatic heterocycles. The molecule has 108 valence electrons. The van der Waals surface area contributed by atoms with Crippen molar-refractivity contribution in [3.05, 3.63) is 41.5 Å². The first-order chi connectivity index (χ1) is 9.81. The predicted octanol–water partition coefficient (Wildman–Crippen LogP) is 1.76. The summed E-state index contributed by atoms with van der Waals surface area (Å²) in [4.78, 5) is 0. The molecule has 20 heavy (non-hydrogen) atoms. The zero-order chi connectivity index (χ0) is 13.8. The van der Waals surface area contributed by atoms with Crippen LogP contribution in [0, 0.1) is 5.92 Å². The van der Waals surface area contributed by atoms with E-state index in [0.29, 0.717) is 12.0 Å². The first kappa shape index (κ1) is 13.8. The van der Waals surface area contributed by atoms with Crippen LogP contribution < -0.4 is 16.0 Å². The lowest BCUT2D eigenvalue weighted by Crippen LogP contribution is -2.30. The van der Waals surface area contributed by atoms with Crippen molar-refractivity contribution >= 4 is 5.57 Å². The van der Waals surface area contributed by atoms with Gasteiger partial charge in [-0.1, -0.05) is 37.3 Å². The van der Waals surface area contributed by atoms with E-state index in [9.17, 15) is 0 Å². The van der Waals surface area contributed by atoms with Crippen molar-refractivity contribution in [2.75, 3.05) is 26.2 Å². The fraction of sp³-hybridized carbons (Fsp3) is 0.529. The summed E-state index contributed by atoms with van der Waals surface area (Å²) in [5.74, 6) is 0.634. The largest absolute Gasteiger partial charge is 0.315 e. The van der Waals surface area contributed by atoms with Gasteiger partial charge in [0.25, 0.3) is 0 Å². The molecule has 0 radical (unpaired) electrons. The van der Waals surface area contributed by atoms with Crippen LogP contribution in [0.4, 0.5) is 0 Å². The van der Waals surface area contributed by atoms with Crippen LogP contribution in [-0.4, -0.2) is 32.2 Å². The third kappa shape index (κ3) is 3.48. The third-order valence-electron chi connectivity index (χ3n) is 4.25. The highest BCUT2D eigenvalue weighted by Crippen LogP contribution is 2.19. The minimum Gasteiger partial charge on any atom is -0.315 e. The van der Waals surface area contributed by atoms with Crippen LogP contribution in [0.15, 0.2) is 30.3 Å². The molecule has 1 saturated heterocycles. The molecule has 2 unspecified atom stereocenters. The van der Waals surface area contributed by atoms with E-state index in [2.05, 4.69) is 53.2 Å². The van der Waals surface area contributed by atoms with Crippen LogP contribution in [0.1, 0.15) is 24.5 Å². The van der Waals surface area contributed by atoms with Crippen LogP contribution in [-0.2, 0) is 6.54 Å². The fourth-order valence-electron chi connectivity index (χ4n) is 3.02. The van der Waals surface area contributed by atoms with Crippen molar-refractivity contribution in [3.63, 3.8) is 0 Å². The molecule has 3 nitrogen and oxygen atoms in total. The van der Waals surface area contributed by atoms with Crippen molar-refractivity contribution in [3.8, 4) is 0 Å². The van der Waals surface area contributed by atoms with Gasteiger partial charge in [-0.3, -0.25) is 0 Å². The van der Waals surface area contributed by atoms with Crippen LogP contribution in [0.2, 0.25) is 0 Å². The van der Waals surface area contributed by atoms with Gasteiger partial charge < -0.3 is 16.0 Å². The summed E-state index contributed by atoms with van der Waals surface area (Å²) in [6.07, 6.45) is 3.64. The summed E-state index contributed by atoms with van der Waals surface area (Å²) in [6.45, 7) is 7.58. The molecule has 2 aliphatic heterocycles. The lowest BCUT2D eigenvalue weighted by atomic mass is 9.97. The summed E-state index contributed by atoms with van der Waals surface area (Å²) < 4.78 is 0. The first-order valence-corrected chi connectivity index (χ1v) is 7.76. The van der Waals surface area contributed by atoms with E-state index < -0.39 is 0 Å². The second-order valence-electron chi connectivity index (χ2n) is 6.07. The van der Waals surface area contributed by atoms with Gasteiger partial charge in [0.15, 0.2) is 0 Å². The molecule has 0 bridgehead atoms. The van der Waals surface area contributed by atoms with Crippen molar-refractivity contribution in [2.24, 2.45) is 5.92 Å². The van der Waals surface area contributed by atoms with Crippen molar-refractivity contribution in [1.29, 1.82) is 0 Å². The number of hydrogen-bond acceptors (Lipinski definition) is 3. The van der Waals surface area contributed by atoms with E-state index in [4.69, 9.17) is 0 Å². The number of hydrogen-bond donors (Lipinski definition) is 3. The molecular weight excluding hydrogens is 246 g/mol. The molecule has 2 heterocycles. The maximum absolute atomic E-state index is 3.61. The highest BCUT2D eigenvalue weighted by Gasteiger charge is 2.13. The van der Waals surface area contributed by atoms with Gasteiger partial charge in [0.1, 0.15) is 0 Å². The highest BCUT2D eigenvalue weighted by atomic mass is 15.0. The van der Waals surface area contributed by atoms with Gasteiger partial charge in [0.2, 0.25) is 0 Å². The Morgan fingerprint density at radius 3 is 2.70 bits per heavy atom. The van der Waals surface area contributed by atoms with E-state index in [-0.39, 0.29) is 0 Å². The fourth-order valence-corrected chi connectivity index (χ4v) is 3.02. The molecule has 3 rings (SSSR count). The van der Waals surface area contributed by atoms with Gasteiger partial charge in [-0.25, -0.2) is 0 Å². The van der Waals surface area contributed by atoms with Crippen LogP contribution in [0.5, 0.6) is 0 Å². The normalized spacial score (nSPS) is 26.6. The zero-order valence-electron chi connectivity index (χ0n) is 12.3. The second kappa shape index (κ2) is 6.53. The Balaban J connectivity index is 1.59. The van der Waals surface area contributed by atoms with Crippen molar-refractivity contribution < 1.29 is 0 Å². The Bertz CT molecular complexity index is 458. The summed E-state index contributed by atoms with van der Waals surface area (Å²) in [5, 5.41) is 10.5. The average Bonchev–Trinajstić information content (AvgIpc) is 2.99. The molecule has 0 aliphatic carbocycles. The van der Waals surface area contributed by atoms with E-state index in [1.165, 1.54) is 23.1 Å². The molecule has 1 aromatic rings. The Kier molecular flexibility index (Phi) is 4.51. The monoisotopic (exact) mass is 271 g/mol. The summed E-state index contributed by atoms with van der Waals surface area (Å²) >= 11 is 0. The van der Waals surface area contributed by atoms with Crippen molar-refractivity contribution in [1.82, 2.24) is 16.0 Å². The van der Waals surface area contributed by atoms with E-state index >= 15 is 0 Å². The standard InChI is InChI=1S/C17H25N3/c1-13-8-16(11-19-9-13)15-4-2-14(3-5-15)10-20-17-6-7-18-12-17/h2-5,8,13,17-20H,6-7,9-12H2,1H3. The summed E-state index contributed by atoms with van der Waals surface area (Å²) in [7, 11) is 0. The molecule has 0 saturated carbocycles. The third-order valence-corrected chi connectivity index (χ3v) is 4.25. The van der Waals surface area contributed by atoms with Crippen molar-refractivity contribution in [2.45, 2.75) is 25.9 Å². The predicted molar refractivity (Wildman–Crippen MR) is 84.6 cm³/mol. The maximum atomic E-state index is 3.61. The average molecular weight is 271 g/mol. The zero-order valence-corrected chi connectivity index (χ0v) is 12.3.